The van der Waals surface area contributed by atoms with E-state index in [2.05, 4.69) is 36.1 Å². The smallest absolute Gasteiger partial charge is 0.0656 e. The summed E-state index contributed by atoms with van der Waals surface area (Å²) in [5.41, 5.74) is 6.09. The number of aromatic amines is 2. The summed E-state index contributed by atoms with van der Waals surface area (Å²) in [6.45, 7) is 4.34. The van der Waals surface area contributed by atoms with Crippen LogP contribution in [0.2, 0.25) is 0 Å². The first kappa shape index (κ1) is 16.9. The number of hydrogen-bond donors (Lipinski definition) is 2. The highest BCUT2D eigenvalue weighted by molar-refractivity contribution is 5.85. The molecule has 0 spiro atoms. The van der Waals surface area contributed by atoms with Gasteiger partial charge in [0.05, 0.1) is 23.1 Å². The van der Waals surface area contributed by atoms with Crippen molar-refractivity contribution in [3.8, 4) is 11.4 Å². The number of nitrogens with zero attached hydrogens (tertiary/aromatic N) is 1. The second-order valence-corrected chi connectivity index (χ2v) is 6.17. The molecule has 2 aromatic rings. The predicted molar refractivity (Wildman–Crippen MR) is 96.4 cm³/mol. The average molecular weight is 320 g/mol. The predicted octanol–water partition coefficient (Wildman–Crippen LogP) is 5.19. The molecule has 1 fully saturated rings. The van der Waals surface area contributed by atoms with E-state index >= 15 is 0 Å². The third-order valence-corrected chi connectivity index (χ3v) is 4.71. The van der Waals surface area contributed by atoms with Crippen LogP contribution in [0.3, 0.4) is 0 Å². The van der Waals surface area contributed by atoms with Crippen LogP contribution in [0.25, 0.3) is 11.4 Å². The van der Waals surface area contributed by atoms with Gasteiger partial charge in [-0.05, 0) is 49.9 Å². The third-order valence-electron chi connectivity index (χ3n) is 4.71. The number of halogens is 1. The van der Waals surface area contributed by atoms with Crippen molar-refractivity contribution in [1.29, 1.82) is 0 Å². The molecule has 2 heterocycles. The fourth-order valence-electron chi connectivity index (χ4n) is 3.18. The molecular formula is C18H26ClN3. The van der Waals surface area contributed by atoms with Gasteiger partial charge in [0, 0.05) is 12.4 Å². The molecule has 2 aromatic heterocycles. The highest BCUT2D eigenvalue weighted by Crippen LogP contribution is 2.25. The molecule has 120 valence electrons. The lowest BCUT2D eigenvalue weighted by Gasteiger charge is -2.07. The number of aliphatic imine (C=N–C) groups is 1. The van der Waals surface area contributed by atoms with Gasteiger partial charge in [-0.3, -0.25) is 4.99 Å². The van der Waals surface area contributed by atoms with Crippen LogP contribution in [0.4, 0.5) is 0 Å². The molecule has 0 saturated heterocycles. The van der Waals surface area contributed by atoms with Crippen molar-refractivity contribution >= 4 is 18.6 Å². The maximum Gasteiger partial charge on any atom is 0.0656 e. The van der Waals surface area contributed by atoms with Crippen molar-refractivity contribution in [3.05, 3.63) is 35.2 Å². The number of aromatic nitrogens is 2. The highest BCUT2D eigenvalue weighted by atomic mass is 35.5. The van der Waals surface area contributed by atoms with E-state index in [0.717, 1.165) is 11.4 Å². The second kappa shape index (κ2) is 7.68. The van der Waals surface area contributed by atoms with E-state index in [4.69, 9.17) is 4.99 Å². The zero-order chi connectivity index (χ0) is 14.7. The Morgan fingerprint density at radius 1 is 1.09 bits per heavy atom. The summed E-state index contributed by atoms with van der Waals surface area (Å²) in [7, 11) is 0. The molecule has 0 unspecified atom stereocenters. The van der Waals surface area contributed by atoms with E-state index < -0.39 is 0 Å². The molecule has 1 aliphatic rings. The lowest BCUT2D eigenvalue weighted by molar-refractivity contribution is 0.588. The van der Waals surface area contributed by atoms with Gasteiger partial charge in [-0.2, -0.15) is 0 Å². The Hall–Kier alpha value is -1.48. The van der Waals surface area contributed by atoms with E-state index in [9.17, 15) is 0 Å². The molecule has 0 bridgehead atoms. The fourth-order valence-corrected chi connectivity index (χ4v) is 3.18. The zero-order valence-corrected chi connectivity index (χ0v) is 14.3. The molecule has 0 amide bonds. The van der Waals surface area contributed by atoms with Crippen molar-refractivity contribution in [3.63, 3.8) is 0 Å². The monoisotopic (exact) mass is 319 g/mol. The normalized spacial score (nSPS) is 16.6. The van der Waals surface area contributed by atoms with Gasteiger partial charge in [0.1, 0.15) is 0 Å². The van der Waals surface area contributed by atoms with Crippen LogP contribution >= 0.6 is 12.4 Å². The average Bonchev–Trinajstić information content (AvgIpc) is 3.01. The summed E-state index contributed by atoms with van der Waals surface area (Å²) in [4.78, 5) is 11.6. The summed E-state index contributed by atoms with van der Waals surface area (Å²) < 4.78 is 0. The van der Waals surface area contributed by atoms with Gasteiger partial charge in [0.15, 0.2) is 0 Å². The Kier molecular flexibility index (Phi) is 5.90. The Morgan fingerprint density at radius 3 is 2.45 bits per heavy atom. The third kappa shape index (κ3) is 3.64. The maximum atomic E-state index is 4.84. The van der Waals surface area contributed by atoms with Crippen LogP contribution in [0.5, 0.6) is 0 Å². The molecule has 0 atom stereocenters. The lowest BCUT2D eigenvalue weighted by atomic mass is 10.1. The van der Waals surface area contributed by atoms with Gasteiger partial charge in [0.25, 0.3) is 0 Å². The topological polar surface area (TPSA) is 43.9 Å². The molecule has 2 N–H and O–H groups in total. The highest BCUT2D eigenvalue weighted by Gasteiger charge is 2.13. The van der Waals surface area contributed by atoms with E-state index in [-0.39, 0.29) is 12.4 Å². The second-order valence-electron chi connectivity index (χ2n) is 6.17. The standard InChI is InChI=1S/C18H25N3.ClH/c1-13-14(2)18(16-10-7-11-19-16)21-17(13)12-20-15-8-5-3-4-6-9-15;/h7,10-12,15,19,21H,3-6,8-9H2,1-2H3;1H. The number of rotatable bonds is 3. The molecule has 0 aromatic carbocycles. The first-order valence-electron chi connectivity index (χ1n) is 8.12. The minimum absolute atomic E-state index is 0. The molecule has 0 radical (unpaired) electrons. The van der Waals surface area contributed by atoms with Crippen molar-refractivity contribution < 1.29 is 0 Å². The Morgan fingerprint density at radius 2 is 1.82 bits per heavy atom. The zero-order valence-electron chi connectivity index (χ0n) is 13.5. The van der Waals surface area contributed by atoms with Crippen LogP contribution in [-0.2, 0) is 0 Å². The molecule has 22 heavy (non-hydrogen) atoms. The number of nitrogens with one attached hydrogen (secondary N) is 2. The van der Waals surface area contributed by atoms with E-state index in [1.807, 2.05) is 12.3 Å². The molecule has 1 saturated carbocycles. The van der Waals surface area contributed by atoms with Gasteiger partial charge in [-0.25, -0.2) is 0 Å². The summed E-state index contributed by atoms with van der Waals surface area (Å²) in [5, 5.41) is 0. The van der Waals surface area contributed by atoms with Crippen molar-refractivity contribution in [2.75, 3.05) is 0 Å². The minimum atomic E-state index is 0. The molecule has 4 heteroatoms. The van der Waals surface area contributed by atoms with Crippen LogP contribution in [0.15, 0.2) is 23.3 Å². The van der Waals surface area contributed by atoms with E-state index in [0.29, 0.717) is 6.04 Å². The maximum absolute atomic E-state index is 4.84. The van der Waals surface area contributed by atoms with Crippen LogP contribution < -0.4 is 0 Å². The first-order chi connectivity index (χ1) is 10.3. The van der Waals surface area contributed by atoms with E-state index in [1.165, 1.54) is 55.3 Å². The molecule has 1 aliphatic carbocycles. The summed E-state index contributed by atoms with van der Waals surface area (Å²) in [6, 6.07) is 4.65. The first-order valence-corrected chi connectivity index (χ1v) is 8.12. The number of H-pyrrole nitrogens is 2. The largest absolute Gasteiger partial charge is 0.360 e. The van der Waals surface area contributed by atoms with Gasteiger partial charge in [0.2, 0.25) is 0 Å². The van der Waals surface area contributed by atoms with Crippen LogP contribution in [0, 0.1) is 13.8 Å². The lowest BCUT2D eigenvalue weighted by Crippen LogP contribution is -2.03. The SMILES string of the molecule is Cc1c(C=NC2CCCCCC2)[nH]c(-c2ccc[nH]2)c1C.Cl. The van der Waals surface area contributed by atoms with Crippen molar-refractivity contribution in [2.24, 2.45) is 4.99 Å². The molecule has 3 nitrogen and oxygen atoms in total. The summed E-state index contributed by atoms with van der Waals surface area (Å²) in [5.74, 6) is 0. The Bertz CT molecular complexity index is 603. The summed E-state index contributed by atoms with van der Waals surface area (Å²) >= 11 is 0. The molecular weight excluding hydrogens is 294 g/mol. The van der Waals surface area contributed by atoms with Crippen molar-refractivity contribution in [1.82, 2.24) is 9.97 Å². The molecule has 0 aliphatic heterocycles. The quantitative estimate of drug-likeness (QED) is 0.577. The van der Waals surface area contributed by atoms with Crippen LogP contribution in [0.1, 0.15) is 55.3 Å². The van der Waals surface area contributed by atoms with Crippen molar-refractivity contribution in [2.45, 2.75) is 58.4 Å². The van der Waals surface area contributed by atoms with Gasteiger partial charge in [-0.15, -0.1) is 12.4 Å². The minimum Gasteiger partial charge on any atom is -0.360 e. The Balaban J connectivity index is 0.00000176. The van der Waals surface area contributed by atoms with Gasteiger partial charge >= 0.3 is 0 Å². The number of hydrogen-bond acceptors (Lipinski definition) is 1. The van der Waals surface area contributed by atoms with Gasteiger partial charge in [-0.1, -0.05) is 25.7 Å². The van der Waals surface area contributed by atoms with Gasteiger partial charge < -0.3 is 9.97 Å². The van der Waals surface area contributed by atoms with Crippen LogP contribution in [-0.4, -0.2) is 22.2 Å². The fraction of sp³-hybridized carbons (Fsp3) is 0.500. The molecule has 3 rings (SSSR count). The van der Waals surface area contributed by atoms with E-state index in [1.54, 1.807) is 0 Å². The summed E-state index contributed by atoms with van der Waals surface area (Å²) in [6.07, 6.45) is 11.9. The Labute approximate surface area is 139 Å².